The number of aryl methyl sites for hydroxylation is 1. The summed E-state index contributed by atoms with van der Waals surface area (Å²) in [6.45, 7) is 0.594. The van der Waals surface area contributed by atoms with Gasteiger partial charge in [0.1, 0.15) is 0 Å². The summed E-state index contributed by atoms with van der Waals surface area (Å²) in [7, 11) is 0. The van der Waals surface area contributed by atoms with Crippen molar-refractivity contribution < 1.29 is 13.7 Å². The summed E-state index contributed by atoms with van der Waals surface area (Å²) in [6.07, 6.45) is 3.34. The van der Waals surface area contributed by atoms with Crippen LogP contribution < -0.4 is 5.32 Å². The molecule has 0 saturated heterocycles. The third kappa shape index (κ3) is 3.44. The highest BCUT2D eigenvalue weighted by molar-refractivity contribution is 5.92. The third-order valence-corrected chi connectivity index (χ3v) is 3.28. The summed E-state index contributed by atoms with van der Waals surface area (Å²) in [5.74, 6) is 0.754. The van der Waals surface area contributed by atoms with Crippen molar-refractivity contribution >= 4 is 5.91 Å². The molecule has 3 aromatic rings. The number of aromatic nitrogens is 1. The summed E-state index contributed by atoms with van der Waals surface area (Å²) in [6, 6.07) is 15.3. The van der Waals surface area contributed by atoms with Crippen LogP contribution in [0.5, 0.6) is 0 Å². The number of nitrogens with one attached hydrogen (secondary N) is 1. The quantitative estimate of drug-likeness (QED) is 0.709. The van der Waals surface area contributed by atoms with Gasteiger partial charge in [0.15, 0.2) is 11.5 Å². The molecule has 2 aromatic heterocycles. The van der Waals surface area contributed by atoms with E-state index in [1.807, 2.05) is 18.2 Å². The van der Waals surface area contributed by atoms with Crippen LogP contribution in [0.3, 0.4) is 0 Å². The molecule has 0 radical (unpaired) electrons. The summed E-state index contributed by atoms with van der Waals surface area (Å²) < 4.78 is 10.3. The van der Waals surface area contributed by atoms with Gasteiger partial charge in [0.2, 0.25) is 5.76 Å². The molecule has 1 amide bonds. The molecule has 0 spiro atoms. The van der Waals surface area contributed by atoms with Gasteiger partial charge in [-0.05, 0) is 30.5 Å². The fourth-order valence-electron chi connectivity index (χ4n) is 2.15. The summed E-state index contributed by atoms with van der Waals surface area (Å²) in [5, 5.41) is 6.60. The number of amides is 1. The molecule has 0 unspecified atom stereocenters. The van der Waals surface area contributed by atoms with Crippen molar-refractivity contribution in [3.8, 4) is 11.5 Å². The molecule has 0 bridgehead atoms. The minimum absolute atomic E-state index is 0.241. The highest BCUT2D eigenvalue weighted by atomic mass is 16.5. The van der Waals surface area contributed by atoms with Crippen LogP contribution in [-0.2, 0) is 6.42 Å². The Bertz CT molecular complexity index is 717. The molecule has 0 saturated carbocycles. The topological polar surface area (TPSA) is 68.3 Å². The molecular weight excluding hydrogens is 280 g/mol. The van der Waals surface area contributed by atoms with E-state index in [0.717, 1.165) is 12.8 Å². The van der Waals surface area contributed by atoms with Gasteiger partial charge in [0.25, 0.3) is 5.91 Å². The van der Waals surface area contributed by atoms with E-state index in [1.54, 1.807) is 24.5 Å². The van der Waals surface area contributed by atoms with Crippen molar-refractivity contribution in [2.75, 3.05) is 6.54 Å². The molecule has 5 nitrogen and oxygen atoms in total. The van der Waals surface area contributed by atoms with Crippen molar-refractivity contribution in [2.45, 2.75) is 12.8 Å². The fourth-order valence-corrected chi connectivity index (χ4v) is 2.15. The molecule has 1 aromatic carbocycles. The molecule has 5 heteroatoms. The lowest BCUT2D eigenvalue weighted by Crippen LogP contribution is -2.25. The van der Waals surface area contributed by atoms with Crippen molar-refractivity contribution in [1.29, 1.82) is 0 Å². The first-order valence-electron chi connectivity index (χ1n) is 7.15. The van der Waals surface area contributed by atoms with Crippen molar-refractivity contribution in [1.82, 2.24) is 10.5 Å². The van der Waals surface area contributed by atoms with Crippen LogP contribution in [0.15, 0.2) is 63.7 Å². The van der Waals surface area contributed by atoms with E-state index in [4.69, 9.17) is 8.94 Å². The Morgan fingerprint density at radius 1 is 1.09 bits per heavy atom. The number of hydrogen-bond donors (Lipinski definition) is 1. The smallest absolute Gasteiger partial charge is 0.273 e. The molecule has 0 aliphatic heterocycles. The van der Waals surface area contributed by atoms with E-state index in [0.29, 0.717) is 18.1 Å². The second-order valence-electron chi connectivity index (χ2n) is 4.90. The minimum Gasteiger partial charge on any atom is -0.461 e. The Balaban J connectivity index is 1.48. The number of rotatable bonds is 6. The summed E-state index contributed by atoms with van der Waals surface area (Å²) >= 11 is 0. The van der Waals surface area contributed by atoms with E-state index in [2.05, 4.69) is 22.6 Å². The maximum atomic E-state index is 12.0. The van der Waals surface area contributed by atoms with Crippen LogP contribution in [0.1, 0.15) is 22.5 Å². The van der Waals surface area contributed by atoms with Crippen molar-refractivity contribution in [3.05, 3.63) is 66.1 Å². The molecule has 0 fully saturated rings. The van der Waals surface area contributed by atoms with Crippen LogP contribution in [0.4, 0.5) is 0 Å². The Morgan fingerprint density at radius 2 is 1.95 bits per heavy atom. The Hall–Kier alpha value is -2.82. The highest BCUT2D eigenvalue weighted by Gasteiger charge is 2.14. The molecule has 1 N–H and O–H groups in total. The van der Waals surface area contributed by atoms with Gasteiger partial charge in [0.05, 0.1) is 6.26 Å². The average molecular weight is 296 g/mol. The van der Waals surface area contributed by atoms with E-state index >= 15 is 0 Å². The van der Waals surface area contributed by atoms with Crippen LogP contribution >= 0.6 is 0 Å². The monoisotopic (exact) mass is 296 g/mol. The average Bonchev–Trinajstić information content (AvgIpc) is 3.22. The molecule has 112 valence electrons. The highest BCUT2D eigenvalue weighted by Crippen LogP contribution is 2.20. The van der Waals surface area contributed by atoms with Gasteiger partial charge in [-0.1, -0.05) is 35.5 Å². The van der Waals surface area contributed by atoms with Gasteiger partial charge in [-0.2, -0.15) is 0 Å². The number of benzene rings is 1. The van der Waals surface area contributed by atoms with Crippen molar-refractivity contribution in [2.24, 2.45) is 0 Å². The normalized spacial score (nSPS) is 10.5. The molecule has 0 atom stereocenters. The number of furan rings is 1. The predicted molar refractivity (Wildman–Crippen MR) is 81.3 cm³/mol. The van der Waals surface area contributed by atoms with Crippen LogP contribution in [0.25, 0.3) is 11.5 Å². The van der Waals surface area contributed by atoms with E-state index < -0.39 is 0 Å². The largest absolute Gasteiger partial charge is 0.461 e. The fraction of sp³-hybridized carbons (Fsp3) is 0.176. The first-order valence-corrected chi connectivity index (χ1v) is 7.15. The standard InChI is InChI=1S/C17H16N2O3/c20-17(18-10-4-8-13-6-2-1-3-7-13)14-12-16(22-19-14)15-9-5-11-21-15/h1-3,5-7,9,11-12H,4,8,10H2,(H,18,20). The second kappa shape index (κ2) is 6.76. The first kappa shape index (κ1) is 14.1. The van der Waals surface area contributed by atoms with Gasteiger partial charge in [-0.15, -0.1) is 0 Å². The minimum atomic E-state index is -0.241. The lowest BCUT2D eigenvalue weighted by Gasteiger charge is -2.03. The van der Waals surface area contributed by atoms with E-state index in [-0.39, 0.29) is 11.6 Å². The summed E-state index contributed by atoms with van der Waals surface area (Å²) in [4.78, 5) is 12.0. The molecule has 0 aliphatic rings. The van der Waals surface area contributed by atoms with Gasteiger partial charge in [-0.3, -0.25) is 4.79 Å². The maximum Gasteiger partial charge on any atom is 0.273 e. The molecule has 3 rings (SSSR count). The third-order valence-electron chi connectivity index (χ3n) is 3.28. The van der Waals surface area contributed by atoms with Crippen molar-refractivity contribution in [3.63, 3.8) is 0 Å². The van der Waals surface area contributed by atoms with Crippen LogP contribution in [0.2, 0.25) is 0 Å². The number of hydrogen-bond acceptors (Lipinski definition) is 4. The number of carbonyl (C=O) groups is 1. The zero-order valence-corrected chi connectivity index (χ0v) is 12.0. The number of carbonyl (C=O) groups excluding carboxylic acids is 1. The first-order chi connectivity index (χ1) is 10.8. The van der Waals surface area contributed by atoms with E-state index in [9.17, 15) is 4.79 Å². The van der Waals surface area contributed by atoms with Gasteiger partial charge < -0.3 is 14.3 Å². The molecule has 2 heterocycles. The molecule has 0 aliphatic carbocycles. The van der Waals surface area contributed by atoms with Gasteiger partial charge in [-0.25, -0.2) is 0 Å². The zero-order valence-electron chi connectivity index (χ0n) is 12.0. The van der Waals surface area contributed by atoms with Crippen LogP contribution in [-0.4, -0.2) is 17.6 Å². The maximum absolute atomic E-state index is 12.0. The SMILES string of the molecule is O=C(NCCCc1ccccc1)c1cc(-c2ccco2)on1. The predicted octanol–water partition coefficient (Wildman–Crippen LogP) is 3.30. The molecule has 22 heavy (non-hydrogen) atoms. The second-order valence-corrected chi connectivity index (χ2v) is 4.90. The summed E-state index contributed by atoms with van der Waals surface area (Å²) in [5.41, 5.74) is 1.52. The van der Waals surface area contributed by atoms with Gasteiger partial charge in [0, 0.05) is 12.6 Å². The Labute approximate surface area is 127 Å². The van der Waals surface area contributed by atoms with E-state index in [1.165, 1.54) is 5.56 Å². The van der Waals surface area contributed by atoms with Gasteiger partial charge >= 0.3 is 0 Å². The molecular formula is C17H16N2O3. The number of nitrogens with zero attached hydrogens (tertiary/aromatic N) is 1. The lowest BCUT2D eigenvalue weighted by atomic mass is 10.1. The Kier molecular flexibility index (Phi) is 4.34. The lowest BCUT2D eigenvalue weighted by molar-refractivity contribution is 0.0944. The Morgan fingerprint density at radius 3 is 2.73 bits per heavy atom. The van der Waals surface area contributed by atoms with Crippen LogP contribution in [0, 0.1) is 0 Å². The zero-order chi connectivity index (χ0) is 15.2.